The maximum atomic E-state index is 6.11. The molecule has 3 aromatic heterocycles. The zero-order valence-electron chi connectivity index (χ0n) is 12.2. The second-order valence-electron chi connectivity index (χ2n) is 5.48. The molecular formula is C15H17N5S. The smallest absolute Gasteiger partial charge is 0.168 e. The number of hydrogen-bond acceptors (Lipinski definition) is 5. The standard InChI is InChI=1S/C15H17N5S/c1-3-12-17-14(20-11(16)7-8(2)19-20)13-9-5-4-6-10(9)21-15(13)18-12/h7H,3-6,16H2,1-2H3. The van der Waals surface area contributed by atoms with Crippen molar-refractivity contribution in [2.24, 2.45) is 0 Å². The van der Waals surface area contributed by atoms with Crippen LogP contribution in [0.25, 0.3) is 16.0 Å². The topological polar surface area (TPSA) is 69.6 Å². The molecule has 0 aromatic carbocycles. The van der Waals surface area contributed by atoms with Crippen molar-refractivity contribution in [3.63, 3.8) is 0 Å². The van der Waals surface area contributed by atoms with Gasteiger partial charge in [0, 0.05) is 17.4 Å². The highest BCUT2D eigenvalue weighted by molar-refractivity contribution is 7.19. The maximum Gasteiger partial charge on any atom is 0.168 e. The minimum atomic E-state index is 0.632. The quantitative estimate of drug-likeness (QED) is 0.790. The average Bonchev–Trinajstić information content (AvgIpc) is 3.11. The van der Waals surface area contributed by atoms with Crippen LogP contribution in [-0.4, -0.2) is 19.7 Å². The lowest BCUT2D eigenvalue weighted by Gasteiger charge is -2.08. The van der Waals surface area contributed by atoms with E-state index in [2.05, 4.69) is 12.0 Å². The fourth-order valence-electron chi connectivity index (χ4n) is 3.02. The number of hydrogen-bond donors (Lipinski definition) is 1. The van der Waals surface area contributed by atoms with Crippen LogP contribution < -0.4 is 5.73 Å². The van der Waals surface area contributed by atoms with Crippen LogP contribution in [0.15, 0.2) is 6.07 Å². The maximum absolute atomic E-state index is 6.11. The molecule has 0 bridgehead atoms. The monoisotopic (exact) mass is 299 g/mol. The van der Waals surface area contributed by atoms with E-state index < -0.39 is 0 Å². The van der Waals surface area contributed by atoms with E-state index in [4.69, 9.17) is 15.7 Å². The lowest BCUT2D eigenvalue weighted by Crippen LogP contribution is -2.08. The summed E-state index contributed by atoms with van der Waals surface area (Å²) in [5.74, 6) is 2.33. The third-order valence-electron chi connectivity index (χ3n) is 3.97. The van der Waals surface area contributed by atoms with Gasteiger partial charge in [0.2, 0.25) is 0 Å². The molecule has 1 aliphatic rings. The van der Waals surface area contributed by atoms with Gasteiger partial charge in [0.15, 0.2) is 5.82 Å². The van der Waals surface area contributed by atoms with Gasteiger partial charge in [0.1, 0.15) is 16.5 Å². The van der Waals surface area contributed by atoms with Crippen LogP contribution in [0.2, 0.25) is 0 Å². The van der Waals surface area contributed by atoms with Crippen molar-refractivity contribution in [1.29, 1.82) is 0 Å². The van der Waals surface area contributed by atoms with Gasteiger partial charge in [-0.1, -0.05) is 6.92 Å². The van der Waals surface area contributed by atoms with Crippen LogP contribution in [0.1, 0.15) is 35.3 Å². The van der Waals surface area contributed by atoms with Crippen molar-refractivity contribution in [3.05, 3.63) is 28.0 Å². The molecule has 5 nitrogen and oxygen atoms in total. The molecule has 0 atom stereocenters. The highest BCUT2D eigenvalue weighted by Crippen LogP contribution is 2.39. The van der Waals surface area contributed by atoms with Gasteiger partial charge in [0.25, 0.3) is 0 Å². The van der Waals surface area contributed by atoms with E-state index in [0.717, 1.165) is 46.8 Å². The Balaban J connectivity index is 2.08. The Labute approximate surface area is 126 Å². The summed E-state index contributed by atoms with van der Waals surface area (Å²) in [7, 11) is 0. The molecule has 0 saturated heterocycles. The molecule has 0 saturated carbocycles. The van der Waals surface area contributed by atoms with E-state index in [1.54, 1.807) is 16.0 Å². The second-order valence-corrected chi connectivity index (χ2v) is 6.56. The van der Waals surface area contributed by atoms with Crippen molar-refractivity contribution in [2.75, 3.05) is 5.73 Å². The number of aryl methyl sites for hydroxylation is 4. The van der Waals surface area contributed by atoms with Gasteiger partial charge in [-0.2, -0.15) is 9.78 Å². The Hall–Kier alpha value is -1.95. The van der Waals surface area contributed by atoms with Crippen LogP contribution in [0, 0.1) is 6.92 Å². The van der Waals surface area contributed by atoms with Gasteiger partial charge in [0.05, 0.1) is 11.1 Å². The fourth-order valence-corrected chi connectivity index (χ4v) is 4.29. The van der Waals surface area contributed by atoms with E-state index in [1.807, 2.05) is 13.0 Å². The van der Waals surface area contributed by atoms with Crippen LogP contribution in [-0.2, 0) is 19.3 Å². The SMILES string of the molecule is CCc1nc(-n2nc(C)cc2N)c2c3c(sc2n1)CCC3. The summed E-state index contributed by atoms with van der Waals surface area (Å²) in [6, 6.07) is 1.88. The Bertz CT molecular complexity index is 845. The Morgan fingerprint density at radius 3 is 2.90 bits per heavy atom. The van der Waals surface area contributed by atoms with Crippen molar-refractivity contribution in [1.82, 2.24) is 19.7 Å². The minimum absolute atomic E-state index is 0.632. The van der Waals surface area contributed by atoms with Crippen molar-refractivity contribution >= 4 is 27.4 Å². The first-order valence-corrected chi connectivity index (χ1v) is 8.12. The summed E-state index contributed by atoms with van der Waals surface area (Å²) in [6.45, 7) is 4.02. The van der Waals surface area contributed by atoms with Gasteiger partial charge in [-0.05, 0) is 31.7 Å². The van der Waals surface area contributed by atoms with Gasteiger partial charge < -0.3 is 5.73 Å². The van der Waals surface area contributed by atoms with E-state index in [-0.39, 0.29) is 0 Å². The summed E-state index contributed by atoms with van der Waals surface area (Å²) in [6.07, 6.45) is 4.30. The van der Waals surface area contributed by atoms with Crippen LogP contribution in [0.4, 0.5) is 5.82 Å². The van der Waals surface area contributed by atoms with Gasteiger partial charge in [-0.15, -0.1) is 11.3 Å². The molecule has 1 aliphatic carbocycles. The number of nitrogens with zero attached hydrogens (tertiary/aromatic N) is 4. The molecule has 108 valence electrons. The molecule has 21 heavy (non-hydrogen) atoms. The largest absolute Gasteiger partial charge is 0.384 e. The Kier molecular flexibility index (Phi) is 2.75. The molecule has 2 N–H and O–H groups in total. The van der Waals surface area contributed by atoms with Gasteiger partial charge >= 0.3 is 0 Å². The number of aromatic nitrogens is 4. The molecule has 0 amide bonds. The van der Waals surface area contributed by atoms with Crippen LogP contribution in [0.5, 0.6) is 0 Å². The van der Waals surface area contributed by atoms with E-state index in [0.29, 0.717) is 5.82 Å². The van der Waals surface area contributed by atoms with Gasteiger partial charge in [-0.25, -0.2) is 9.97 Å². The fraction of sp³-hybridized carbons (Fsp3) is 0.400. The number of rotatable bonds is 2. The summed E-state index contributed by atoms with van der Waals surface area (Å²) in [5.41, 5.74) is 8.42. The number of anilines is 1. The third kappa shape index (κ3) is 1.86. The Morgan fingerprint density at radius 1 is 1.33 bits per heavy atom. The normalized spacial score (nSPS) is 14.0. The molecule has 3 aromatic rings. The Morgan fingerprint density at radius 2 is 2.19 bits per heavy atom. The van der Waals surface area contributed by atoms with Crippen molar-refractivity contribution < 1.29 is 0 Å². The zero-order valence-corrected chi connectivity index (χ0v) is 13.0. The molecule has 0 fully saturated rings. The molecule has 0 unspecified atom stereocenters. The first kappa shape index (κ1) is 12.8. The van der Waals surface area contributed by atoms with Crippen LogP contribution in [0.3, 0.4) is 0 Å². The summed E-state index contributed by atoms with van der Waals surface area (Å²) in [4.78, 5) is 12.0. The summed E-state index contributed by atoms with van der Waals surface area (Å²) in [5, 5.41) is 5.67. The molecule has 0 spiro atoms. The lowest BCUT2D eigenvalue weighted by molar-refractivity contribution is 0.823. The zero-order chi connectivity index (χ0) is 14.6. The number of nitrogens with two attached hydrogens (primary N) is 1. The second kappa shape index (κ2) is 4.53. The predicted octanol–water partition coefficient (Wildman–Crippen LogP) is 2.82. The molecule has 0 radical (unpaired) electrons. The van der Waals surface area contributed by atoms with Gasteiger partial charge in [-0.3, -0.25) is 0 Å². The molecule has 6 heteroatoms. The molecule has 4 rings (SSSR count). The lowest BCUT2D eigenvalue weighted by atomic mass is 10.2. The summed E-state index contributed by atoms with van der Waals surface area (Å²) < 4.78 is 1.77. The first-order chi connectivity index (χ1) is 10.2. The van der Waals surface area contributed by atoms with Crippen molar-refractivity contribution in [3.8, 4) is 5.82 Å². The number of nitrogen functional groups attached to an aromatic ring is 1. The van der Waals surface area contributed by atoms with Crippen molar-refractivity contribution in [2.45, 2.75) is 39.5 Å². The third-order valence-corrected chi connectivity index (χ3v) is 5.15. The molecule has 0 aliphatic heterocycles. The highest BCUT2D eigenvalue weighted by Gasteiger charge is 2.23. The number of fused-ring (bicyclic) bond motifs is 3. The number of thiophene rings is 1. The summed E-state index contributed by atoms with van der Waals surface area (Å²) >= 11 is 1.80. The first-order valence-electron chi connectivity index (χ1n) is 7.31. The van der Waals surface area contributed by atoms with Crippen LogP contribution >= 0.6 is 11.3 Å². The molecular weight excluding hydrogens is 282 g/mol. The van der Waals surface area contributed by atoms with E-state index in [1.165, 1.54) is 16.9 Å². The molecule has 3 heterocycles. The predicted molar refractivity (Wildman–Crippen MR) is 85.1 cm³/mol. The van der Waals surface area contributed by atoms with E-state index in [9.17, 15) is 0 Å². The minimum Gasteiger partial charge on any atom is -0.384 e. The van der Waals surface area contributed by atoms with E-state index >= 15 is 0 Å². The average molecular weight is 299 g/mol. The highest BCUT2D eigenvalue weighted by atomic mass is 32.1.